The first-order valence-electron chi connectivity index (χ1n) is 7.65. The standard InChI is InChI=1S/C20H19N3O/c1-5-23(4)18-10-7-16(8-11-18)6-9-17-14-24-15(2)12-19(17)20(13-21)22-3/h6-12,14H,5H2,1-2,4H3/b9-6+,20-19-. The molecule has 0 saturated heterocycles. The Kier molecular flexibility index (Phi) is 5.60. The van der Waals surface area contributed by atoms with Gasteiger partial charge in [0.25, 0.3) is 5.70 Å². The van der Waals surface area contributed by atoms with E-state index in [9.17, 15) is 0 Å². The highest BCUT2D eigenvalue weighted by molar-refractivity contribution is 5.63. The van der Waals surface area contributed by atoms with Crippen LogP contribution in [-0.4, -0.2) is 13.6 Å². The van der Waals surface area contributed by atoms with Crippen molar-refractivity contribution >= 4 is 11.8 Å². The number of benzene rings is 1. The molecule has 0 bridgehead atoms. The molecule has 0 aliphatic carbocycles. The third kappa shape index (κ3) is 3.94. The molecule has 24 heavy (non-hydrogen) atoms. The molecule has 120 valence electrons. The molecular weight excluding hydrogens is 298 g/mol. The lowest BCUT2D eigenvalue weighted by atomic mass is 10.0. The summed E-state index contributed by atoms with van der Waals surface area (Å²) in [6, 6.07) is 10.1. The largest absolute Gasteiger partial charge is 0.469 e. The van der Waals surface area contributed by atoms with Crippen LogP contribution in [0, 0.1) is 17.9 Å². The van der Waals surface area contributed by atoms with E-state index >= 15 is 0 Å². The molecule has 0 radical (unpaired) electrons. The maximum atomic E-state index is 9.13. The van der Waals surface area contributed by atoms with E-state index < -0.39 is 0 Å². The average Bonchev–Trinajstić information content (AvgIpc) is 2.62. The number of nitriles is 1. The molecule has 0 unspecified atom stereocenters. The van der Waals surface area contributed by atoms with Gasteiger partial charge >= 0.3 is 0 Å². The van der Waals surface area contributed by atoms with E-state index in [-0.39, 0.29) is 5.70 Å². The zero-order chi connectivity index (χ0) is 17.5. The second kappa shape index (κ2) is 7.85. The predicted octanol–water partition coefficient (Wildman–Crippen LogP) is 4.67. The summed E-state index contributed by atoms with van der Waals surface area (Å²) in [5.41, 5.74) is 3.57. The quantitative estimate of drug-likeness (QED) is 0.598. The summed E-state index contributed by atoms with van der Waals surface area (Å²) >= 11 is 0. The molecule has 1 heterocycles. The molecule has 1 aromatic carbocycles. The molecule has 4 heteroatoms. The van der Waals surface area contributed by atoms with Gasteiger partial charge in [-0.15, -0.1) is 0 Å². The molecule has 0 amide bonds. The highest BCUT2D eigenvalue weighted by Gasteiger charge is 2.13. The van der Waals surface area contributed by atoms with Crippen molar-refractivity contribution in [3.8, 4) is 6.07 Å². The second-order valence-electron chi connectivity index (χ2n) is 5.37. The Morgan fingerprint density at radius 2 is 2.04 bits per heavy atom. The lowest BCUT2D eigenvalue weighted by Crippen LogP contribution is -2.15. The molecule has 0 atom stereocenters. The molecule has 0 fully saturated rings. The Balaban J connectivity index is 2.26. The summed E-state index contributed by atoms with van der Waals surface area (Å²) in [4.78, 5) is 5.46. The van der Waals surface area contributed by atoms with Gasteiger partial charge in [0.1, 0.15) is 0 Å². The fourth-order valence-corrected chi connectivity index (χ4v) is 2.23. The molecule has 1 aromatic rings. The van der Waals surface area contributed by atoms with Gasteiger partial charge in [-0.1, -0.05) is 24.3 Å². The topological polar surface area (TPSA) is 40.6 Å². The van der Waals surface area contributed by atoms with Crippen LogP contribution in [0.1, 0.15) is 19.4 Å². The lowest BCUT2D eigenvalue weighted by Gasteiger charge is -2.16. The van der Waals surface area contributed by atoms with E-state index in [1.807, 2.05) is 30.4 Å². The monoisotopic (exact) mass is 317 g/mol. The zero-order valence-electron chi connectivity index (χ0n) is 14.1. The number of rotatable bonds is 4. The Morgan fingerprint density at radius 1 is 1.33 bits per heavy atom. The van der Waals surface area contributed by atoms with Crippen LogP contribution in [-0.2, 0) is 4.74 Å². The number of ether oxygens (including phenoxy) is 1. The minimum atomic E-state index is 0.0634. The average molecular weight is 317 g/mol. The van der Waals surface area contributed by atoms with Crippen molar-refractivity contribution in [2.75, 3.05) is 18.5 Å². The minimum Gasteiger partial charge on any atom is -0.469 e. The highest BCUT2D eigenvalue weighted by Crippen LogP contribution is 2.26. The van der Waals surface area contributed by atoms with Crippen molar-refractivity contribution in [3.05, 3.63) is 82.3 Å². The normalized spacial score (nSPS) is 15.7. The van der Waals surface area contributed by atoms with Gasteiger partial charge in [0, 0.05) is 30.4 Å². The van der Waals surface area contributed by atoms with Crippen LogP contribution in [0.5, 0.6) is 0 Å². The fourth-order valence-electron chi connectivity index (χ4n) is 2.23. The van der Waals surface area contributed by atoms with Crippen molar-refractivity contribution in [2.24, 2.45) is 0 Å². The number of nitrogens with zero attached hydrogens (tertiary/aromatic N) is 3. The third-order valence-corrected chi connectivity index (χ3v) is 3.77. The van der Waals surface area contributed by atoms with Gasteiger partial charge in [-0.3, -0.25) is 0 Å². The van der Waals surface area contributed by atoms with Gasteiger partial charge in [0.15, 0.2) is 0 Å². The van der Waals surface area contributed by atoms with Gasteiger partial charge in [-0.05, 0) is 37.6 Å². The van der Waals surface area contributed by atoms with Crippen molar-refractivity contribution in [1.29, 1.82) is 5.26 Å². The molecule has 1 aliphatic heterocycles. The van der Waals surface area contributed by atoms with Crippen molar-refractivity contribution in [1.82, 2.24) is 0 Å². The molecule has 0 spiro atoms. The van der Waals surface area contributed by atoms with Crippen LogP contribution in [0.4, 0.5) is 5.69 Å². The molecule has 1 aliphatic rings. The van der Waals surface area contributed by atoms with Crippen LogP contribution in [0.3, 0.4) is 0 Å². The Bertz CT molecular complexity index is 796. The minimum absolute atomic E-state index is 0.0634. The molecular formula is C20H19N3O. The third-order valence-electron chi connectivity index (χ3n) is 3.77. The number of hydrogen-bond donors (Lipinski definition) is 0. The summed E-state index contributed by atoms with van der Waals surface area (Å²) < 4.78 is 5.41. The Hall–Kier alpha value is -3.24. The van der Waals surface area contributed by atoms with Crippen LogP contribution in [0.2, 0.25) is 0 Å². The van der Waals surface area contributed by atoms with E-state index in [4.69, 9.17) is 16.6 Å². The first-order chi connectivity index (χ1) is 11.6. The van der Waals surface area contributed by atoms with Gasteiger partial charge < -0.3 is 9.64 Å². The Morgan fingerprint density at radius 3 is 2.62 bits per heavy atom. The number of allylic oxidation sites excluding steroid dienone is 6. The van der Waals surface area contributed by atoms with Crippen molar-refractivity contribution < 1.29 is 4.74 Å². The van der Waals surface area contributed by atoms with Crippen molar-refractivity contribution in [3.63, 3.8) is 0 Å². The maximum Gasteiger partial charge on any atom is 0.269 e. The second-order valence-corrected chi connectivity index (χ2v) is 5.37. The van der Waals surface area contributed by atoms with Crippen LogP contribution < -0.4 is 4.90 Å². The molecule has 0 N–H and O–H groups in total. The number of hydrogen-bond acceptors (Lipinski definition) is 3. The van der Waals surface area contributed by atoms with E-state index in [0.29, 0.717) is 16.9 Å². The lowest BCUT2D eigenvalue weighted by molar-refractivity contribution is 0.346. The first-order valence-corrected chi connectivity index (χ1v) is 7.65. The Labute approximate surface area is 143 Å². The summed E-state index contributed by atoms with van der Waals surface area (Å²) in [7, 11) is 2.05. The first kappa shape index (κ1) is 17.1. The zero-order valence-corrected chi connectivity index (χ0v) is 14.1. The van der Waals surface area contributed by atoms with E-state index in [1.54, 1.807) is 19.3 Å². The SMILES string of the molecule is [C-]#[N+]/C(C#N)=C1/C=C(C)OC=C1/C=C/c1ccc(N(C)CC)cc1. The smallest absolute Gasteiger partial charge is 0.269 e. The van der Waals surface area contributed by atoms with Crippen LogP contribution in [0.15, 0.2) is 65.3 Å². The van der Waals surface area contributed by atoms with E-state index in [0.717, 1.165) is 17.8 Å². The van der Waals surface area contributed by atoms with E-state index in [1.165, 1.54) is 0 Å². The van der Waals surface area contributed by atoms with Crippen LogP contribution in [0.25, 0.3) is 10.9 Å². The van der Waals surface area contributed by atoms with Crippen LogP contribution >= 0.6 is 0 Å². The maximum absolute atomic E-state index is 9.13. The van der Waals surface area contributed by atoms with Gasteiger partial charge in [-0.25, -0.2) is 10.1 Å². The predicted molar refractivity (Wildman–Crippen MR) is 96.6 cm³/mol. The van der Waals surface area contributed by atoms with Gasteiger partial charge in [-0.2, -0.15) is 0 Å². The molecule has 2 rings (SSSR count). The van der Waals surface area contributed by atoms with Crippen molar-refractivity contribution in [2.45, 2.75) is 13.8 Å². The molecule has 0 saturated carbocycles. The molecule has 0 aromatic heterocycles. The van der Waals surface area contributed by atoms with Gasteiger partial charge in [0.05, 0.1) is 24.7 Å². The number of anilines is 1. The fraction of sp³-hybridized carbons (Fsp3) is 0.200. The summed E-state index contributed by atoms with van der Waals surface area (Å²) in [5.74, 6) is 0.658. The highest BCUT2D eigenvalue weighted by atomic mass is 16.5. The summed E-state index contributed by atoms with van der Waals surface area (Å²) in [6.45, 7) is 12.0. The van der Waals surface area contributed by atoms with E-state index in [2.05, 4.69) is 35.8 Å². The molecule has 4 nitrogen and oxygen atoms in total. The van der Waals surface area contributed by atoms with Gasteiger partial charge in [0.2, 0.25) is 0 Å². The summed E-state index contributed by atoms with van der Waals surface area (Å²) in [6.07, 6.45) is 7.09. The summed E-state index contributed by atoms with van der Waals surface area (Å²) in [5, 5.41) is 9.13.